The van der Waals surface area contributed by atoms with Crippen molar-refractivity contribution in [2.45, 2.75) is 58.0 Å². The van der Waals surface area contributed by atoms with Gasteiger partial charge in [-0.2, -0.15) is 0 Å². The summed E-state index contributed by atoms with van der Waals surface area (Å²) in [5.74, 6) is -0.186. The van der Waals surface area contributed by atoms with Gasteiger partial charge in [-0.05, 0) is 57.5 Å². The van der Waals surface area contributed by atoms with Crippen LogP contribution in [0.2, 0.25) is 0 Å². The fourth-order valence-corrected chi connectivity index (χ4v) is 3.98. The predicted molar refractivity (Wildman–Crippen MR) is 89.1 cm³/mol. The average molecular weight is 333 g/mol. The molecule has 1 fully saturated rings. The summed E-state index contributed by atoms with van der Waals surface area (Å²) < 4.78 is 5.70. The number of rotatable bonds is 6. The molecule has 132 valence electrons. The number of quaternary nitrogens is 1. The van der Waals surface area contributed by atoms with Crippen molar-refractivity contribution < 1.29 is 24.3 Å². The van der Waals surface area contributed by atoms with Gasteiger partial charge in [0.1, 0.15) is 11.5 Å². The maximum Gasteiger partial charge on any atom is 0.145 e. The minimum absolute atomic E-state index is 0.0605. The third-order valence-corrected chi connectivity index (χ3v) is 4.84. The molecule has 0 radical (unpaired) electrons. The molecular formula is C19H27NO4. The van der Waals surface area contributed by atoms with Crippen molar-refractivity contribution in [1.29, 1.82) is 0 Å². The fraction of sp³-hybridized carbons (Fsp3) is 0.579. The van der Waals surface area contributed by atoms with Crippen LogP contribution in [0.25, 0.3) is 0 Å². The van der Waals surface area contributed by atoms with Crippen molar-refractivity contribution in [3.63, 3.8) is 0 Å². The molecule has 1 N–H and O–H groups in total. The molecule has 0 amide bonds. The molecule has 1 saturated heterocycles. The molecule has 1 aliphatic heterocycles. The van der Waals surface area contributed by atoms with Gasteiger partial charge >= 0.3 is 0 Å². The number of benzene rings is 1. The number of nitrogens with one attached hydrogen (secondary N) is 1. The highest BCUT2D eigenvalue weighted by Crippen LogP contribution is 2.20. The van der Waals surface area contributed by atoms with Gasteiger partial charge in [-0.15, -0.1) is 0 Å². The second-order valence-electron chi connectivity index (χ2n) is 7.90. The van der Waals surface area contributed by atoms with Gasteiger partial charge in [0.25, 0.3) is 0 Å². The largest absolute Gasteiger partial charge is 0.545 e. The van der Waals surface area contributed by atoms with E-state index in [9.17, 15) is 14.7 Å². The lowest BCUT2D eigenvalue weighted by Crippen LogP contribution is -3.26. The van der Waals surface area contributed by atoms with Gasteiger partial charge in [0.05, 0.1) is 43.0 Å². The molecule has 0 aliphatic carbocycles. The van der Waals surface area contributed by atoms with Crippen LogP contribution >= 0.6 is 0 Å². The number of carboxylic acid groups (broad SMARTS) is 1. The van der Waals surface area contributed by atoms with Crippen molar-refractivity contribution >= 4 is 11.8 Å². The van der Waals surface area contributed by atoms with Crippen LogP contribution in [0.15, 0.2) is 24.3 Å². The van der Waals surface area contributed by atoms with Gasteiger partial charge in [0.2, 0.25) is 0 Å². The Morgan fingerprint density at radius 2 is 1.67 bits per heavy atom. The van der Waals surface area contributed by atoms with Crippen LogP contribution in [-0.4, -0.2) is 36.0 Å². The monoisotopic (exact) mass is 333 g/mol. The van der Waals surface area contributed by atoms with E-state index in [2.05, 4.69) is 27.7 Å². The molecule has 0 bridgehead atoms. The van der Waals surface area contributed by atoms with Crippen LogP contribution in [0.1, 0.15) is 57.3 Å². The first-order valence-electron chi connectivity index (χ1n) is 8.44. The summed E-state index contributed by atoms with van der Waals surface area (Å²) in [4.78, 5) is 24.1. The Balaban J connectivity index is 1.86. The van der Waals surface area contributed by atoms with Crippen LogP contribution in [0.5, 0.6) is 5.75 Å². The molecule has 24 heavy (non-hydrogen) atoms. The van der Waals surface area contributed by atoms with E-state index in [0.717, 1.165) is 13.0 Å². The van der Waals surface area contributed by atoms with Gasteiger partial charge in [0.15, 0.2) is 0 Å². The highest BCUT2D eigenvalue weighted by atomic mass is 16.5. The second-order valence-corrected chi connectivity index (χ2v) is 7.90. The number of ketones is 1. The molecule has 5 heteroatoms. The summed E-state index contributed by atoms with van der Waals surface area (Å²) in [5, 5.41) is 10.7. The first kappa shape index (κ1) is 18.5. The number of hydrogen-bond donors (Lipinski definition) is 1. The average Bonchev–Trinajstić information content (AvgIpc) is 2.44. The molecule has 0 saturated carbocycles. The summed E-state index contributed by atoms with van der Waals surface area (Å²) in [5.41, 5.74) is 0.0255. The molecule has 0 unspecified atom stereocenters. The van der Waals surface area contributed by atoms with Crippen LogP contribution < -0.4 is 14.7 Å². The van der Waals surface area contributed by atoms with Crippen LogP contribution in [-0.2, 0) is 4.79 Å². The Morgan fingerprint density at radius 3 is 2.17 bits per heavy atom. The molecule has 0 aromatic heterocycles. The van der Waals surface area contributed by atoms with E-state index in [1.807, 2.05) is 0 Å². The van der Waals surface area contributed by atoms with Crippen LogP contribution in [0.3, 0.4) is 0 Å². The zero-order chi connectivity index (χ0) is 18.0. The third kappa shape index (κ3) is 4.35. The predicted octanol–water partition coefficient (Wildman–Crippen LogP) is 0.624. The highest BCUT2D eigenvalue weighted by molar-refractivity contribution is 5.85. The zero-order valence-corrected chi connectivity index (χ0v) is 15.0. The second kappa shape index (κ2) is 6.93. The van der Waals surface area contributed by atoms with Gasteiger partial charge in [-0.25, -0.2) is 0 Å². The van der Waals surface area contributed by atoms with Crippen molar-refractivity contribution in [2.24, 2.45) is 0 Å². The number of carboxylic acids is 1. The Hall–Kier alpha value is -1.88. The van der Waals surface area contributed by atoms with E-state index in [4.69, 9.17) is 4.74 Å². The lowest BCUT2D eigenvalue weighted by atomic mass is 9.79. The molecule has 5 nitrogen and oxygen atoms in total. The van der Waals surface area contributed by atoms with E-state index in [0.29, 0.717) is 31.0 Å². The molecule has 1 heterocycles. The maximum absolute atomic E-state index is 11.9. The SMILES string of the molecule is CC1(C)CC(=O)CC(C)(C)[NH+]1CCCOc1ccc(C(=O)[O-])cc1. The lowest BCUT2D eigenvalue weighted by Gasteiger charge is -2.48. The van der Waals surface area contributed by atoms with E-state index in [1.165, 1.54) is 17.0 Å². The Bertz CT molecular complexity index is 584. The molecule has 0 atom stereocenters. The molecule has 1 aromatic rings. The highest BCUT2D eigenvalue weighted by Gasteiger charge is 2.48. The normalized spacial score (nSPS) is 19.9. The van der Waals surface area contributed by atoms with Crippen molar-refractivity contribution in [3.05, 3.63) is 29.8 Å². The minimum atomic E-state index is -1.19. The Morgan fingerprint density at radius 1 is 1.12 bits per heavy atom. The van der Waals surface area contributed by atoms with E-state index in [-0.39, 0.29) is 16.6 Å². The number of ether oxygens (including phenoxy) is 1. The number of aromatic carboxylic acids is 1. The van der Waals surface area contributed by atoms with Gasteiger partial charge < -0.3 is 19.5 Å². The summed E-state index contributed by atoms with van der Waals surface area (Å²) in [6, 6.07) is 6.26. The zero-order valence-electron chi connectivity index (χ0n) is 15.0. The topological polar surface area (TPSA) is 70.9 Å². The standard InChI is InChI=1S/C19H27NO4/c1-18(2)12-15(21)13-19(3,4)20(18)10-5-11-24-16-8-6-14(7-9-16)17(22)23/h6-9H,5,10-13H2,1-4H3,(H,22,23). The number of piperidine rings is 1. The van der Waals surface area contributed by atoms with Crippen LogP contribution in [0, 0.1) is 0 Å². The minimum Gasteiger partial charge on any atom is -0.545 e. The lowest BCUT2D eigenvalue weighted by molar-refractivity contribution is -0.995. The van der Waals surface area contributed by atoms with E-state index < -0.39 is 5.97 Å². The fourth-order valence-electron chi connectivity index (χ4n) is 3.98. The summed E-state index contributed by atoms with van der Waals surface area (Å²) in [6.45, 7) is 10.1. The first-order chi connectivity index (χ1) is 11.1. The van der Waals surface area contributed by atoms with E-state index >= 15 is 0 Å². The summed E-state index contributed by atoms with van der Waals surface area (Å²) in [6.07, 6.45) is 2.12. The van der Waals surface area contributed by atoms with Gasteiger partial charge in [-0.1, -0.05) is 0 Å². The quantitative estimate of drug-likeness (QED) is 0.775. The molecule has 1 aromatic carbocycles. The number of hydrogen-bond acceptors (Lipinski definition) is 4. The molecule has 0 spiro atoms. The molecule has 2 rings (SSSR count). The Labute approximate surface area is 143 Å². The maximum atomic E-state index is 11.9. The van der Waals surface area contributed by atoms with Crippen molar-refractivity contribution in [1.82, 2.24) is 0 Å². The number of Topliss-reactive ketones (excluding diaryl/α,β-unsaturated/α-hetero) is 1. The third-order valence-electron chi connectivity index (χ3n) is 4.84. The summed E-state index contributed by atoms with van der Waals surface area (Å²) >= 11 is 0. The van der Waals surface area contributed by atoms with E-state index in [1.54, 1.807) is 12.1 Å². The van der Waals surface area contributed by atoms with Gasteiger partial charge in [0, 0.05) is 6.42 Å². The van der Waals surface area contributed by atoms with Crippen molar-refractivity contribution in [2.75, 3.05) is 13.2 Å². The number of carbonyl (C=O) groups excluding carboxylic acids is 2. The van der Waals surface area contributed by atoms with Crippen LogP contribution in [0.4, 0.5) is 0 Å². The number of likely N-dealkylation sites (tertiary alicyclic amines) is 1. The molecular weight excluding hydrogens is 306 g/mol. The Kier molecular flexibility index (Phi) is 5.33. The summed E-state index contributed by atoms with van der Waals surface area (Å²) in [7, 11) is 0. The number of carbonyl (C=O) groups is 2. The van der Waals surface area contributed by atoms with Gasteiger partial charge in [-0.3, -0.25) is 4.79 Å². The van der Waals surface area contributed by atoms with Crippen molar-refractivity contribution in [3.8, 4) is 5.75 Å². The molecule has 1 aliphatic rings. The first-order valence-corrected chi connectivity index (χ1v) is 8.44. The smallest absolute Gasteiger partial charge is 0.145 e.